The molecular weight excluding hydrogens is 172 g/mol. The number of hydrogen-bond acceptors (Lipinski definition) is 1. The van der Waals surface area contributed by atoms with Gasteiger partial charge in [0.25, 0.3) is 0 Å². The zero-order chi connectivity index (χ0) is 8.97. The van der Waals surface area contributed by atoms with Crippen molar-refractivity contribution in [3.8, 4) is 5.75 Å². The topological polar surface area (TPSA) is 9.23 Å². The van der Waals surface area contributed by atoms with Crippen LogP contribution < -0.4 is 4.74 Å². The molecule has 0 saturated carbocycles. The fraction of sp³-hybridized carbons (Fsp3) is 0.200. The maximum Gasteiger partial charge on any atom is 0.118 e. The quantitative estimate of drug-likeness (QED) is 0.682. The molecule has 0 aliphatic heterocycles. The van der Waals surface area contributed by atoms with Crippen LogP contribution in [-0.2, 0) is 0 Å². The summed E-state index contributed by atoms with van der Waals surface area (Å²) in [6, 6.07) is 7.74. The van der Waals surface area contributed by atoms with Crippen LogP contribution in [0.5, 0.6) is 5.75 Å². The zero-order valence-corrected chi connectivity index (χ0v) is 7.93. The smallest absolute Gasteiger partial charge is 0.118 e. The minimum absolute atomic E-state index is 0.778. The minimum Gasteiger partial charge on any atom is -0.497 e. The fourth-order valence-corrected chi connectivity index (χ4v) is 1.06. The number of benzene rings is 1. The molecule has 1 aromatic rings. The molecular formula is C10H11ClO. The van der Waals surface area contributed by atoms with Crippen molar-refractivity contribution in [1.29, 1.82) is 0 Å². The molecule has 0 heterocycles. The van der Waals surface area contributed by atoms with Crippen molar-refractivity contribution in [1.82, 2.24) is 0 Å². The number of allylic oxidation sites excluding steroid dienone is 1. The molecule has 0 bridgehead atoms. The predicted octanol–water partition coefficient (Wildman–Crippen LogP) is 3.29. The summed E-state index contributed by atoms with van der Waals surface area (Å²) in [6.07, 6.45) is 1.90. The van der Waals surface area contributed by atoms with Gasteiger partial charge >= 0.3 is 0 Å². The highest BCUT2D eigenvalue weighted by atomic mass is 35.5. The summed E-state index contributed by atoms with van der Waals surface area (Å²) in [5.41, 5.74) is 1.09. The van der Waals surface area contributed by atoms with Crippen molar-refractivity contribution >= 4 is 17.7 Å². The molecule has 0 saturated heterocycles. The second kappa shape index (κ2) is 4.17. The molecule has 0 aliphatic rings. The van der Waals surface area contributed by atoms with Crippen LogP contribution in [0.1, 0.15) is 12.5 Å². The molecule has 0 radical (unpaired) electrons. The fourth-order valence-electron chi connectivity index (χ4n) is 0.930. The SMILES string of the molecule is COc1ccc(/C=C(\C)Cl)cc1. The minimum atomic E-state index is 0.778. The van der Waals surface area contributed by atoms with Gasteiger partial charge in [-0.15, -0.1) is 0 Å². The molecule has 0 amide bonds. The van der Waals surface area contributed by atoms with Gasteiger partial charge in [-0.05, 0) is 30.7 Å². The first-order chi connectivity index (χ1) is 5.72. The number of rotatable bonds is 2. The maximum absolute atomic E-state index is 5.72. The monoisotopic (exact) mass is 182 g/mol. The van der Waals surface area contributed by atoms with E-state index in [1.54, 1.807) is 7.11 Å². The van der Waals surface area contributed by atoms with E-state index in [0.29, 0.717) is 0 Å². The van der Waals surface area contributed by atoms with E-state index >= 15 is 0 Å². The normalized spacial score (nSPS) is 11.4. The third-order valence-corrected chi connectivity index (χ3v) is 1.59. The van der Waals surface area contributed by atoms with Gasteiger partial charge < -0.3 is 4.74 Å². The lowest BCUT2D eigenvalue weighted by Crippen LogP contribution is -1.81. The van der Waals surface area contributed by atoms with Crippen LogP contribution in [0.25, 0.3) is 6.08 Å². The summed E-state index contributed by atoms with van der Waals surface area (Å²) in [5.74, 6) is 0.861. The molecule has 0 spiro atoms. The van der Waals surface area contributed by atoms with Crippen LogP contribution in [0.15, 0.2) is 29.3 Å². The van der Waals surface area contributed by atoms with Gasteiger partial charge in [-0.25, -0.2) is 0 Å². The Kier molecular flexibility index (Phi) is 3.18. The number of ether oxygens (including phenoxy) is 1. The van der Waals surface area contributed by atoms with Crippen LogP contribution in [0.4, 0.5) is 0 Å². The summed E-state index contributed by atoms with van der Waals surface area (Å²) < 4.78 is 5.02. The Labute approximate surface area is 77.6 Å². The van der Waals surface area contributed by atoms with E-state index in [4.69, 9.17) is 16.3 Å². The largest absolute Gasteiger partial charge is 0.497 e. The molecule has 0 atom stereocenters. The standard InChI is InChI=1S/C10H11ClO/c1-8(11)7-9-3-5-10(12-2)6-4-9/h3-7H,1-2H3/b8-7+. The Balaban J connectivity index is 2.85. The molecule has 0 aromatic heterocycles. The lowest BCUT2D eigenvalue weighted by Gasteiger charge is -1.98. The first-order valence-corrected chi connectivity index (χ1v) is 4.08. The first kappa shape index (κ1) is 9.14. The van der Waals surface area contributed by atoms with E-state index in [1.165, 1.54) is 0 Å². The average molecular weight is 183 g/mol. The molecule has 0 unspecified atom stereocenters. The summed E-state index contributed by atoms with van der Waals surface area (Å²) in [5, 5.41) is 0.778. The lowest BCUT2D eigenvalue weighted by atomic mass is 10.2. The van der Waals surface area contributed by atoms with Crippen molar-refractivity contribution in [2.45, 2.75) is 6.92 Å². The van der Waals surface area contributed by atoms with Gasteiger partial charge in [-0.3, -0.25) is 0 Å². The van der Waals surface area contributed by atoms with Gasteiger partial charge in [0.1, 0.15) is 5.75 Å². The molecule has 0 aliphatic carbocycles. The van der Waals surface area contributed by atoms with Gasteiger partial charge in [0, 0.05) is 5.03 Å². The average Bonchev–Trinajstić information content (AvgIpc) is 2.05. The Morgan fingerprint density at radius 1 is 1.33 bits per heavy atom. The second-order valence-corrected chi connectivity index (χ2v) is 3.10. The van der Waals surface area contributed by atoms with Crippen LogP contribution >= 0.6 is 11.6 Å². The molecule has 0 fully saturated rings. The molecule has 0 N–H and O–H groups in total. The van der Waals surface area contributed by atoms with Crippen LogP contribution in [0, 0.1) is 0 Å². The molecule has 1 aromatic carbocycles. The van der Waals surface area contributed by atoms with Crippen LogP contribution in [-0.4, -0.2) is 7.11 Å². The third-order valence-electron chi connectivity index (χ3n) is 1.48. The maximum atomic E-state index is 5.72. The number of hydrogen-bond donors (Lipinski definition) is 0. The Bertz CT molecular complexity index is 270. The van der Waals surface area contributed by atoms with Crippen molar-refractivity contribution in [3.63, 3.8) is 0 Å². The highest BCUT2D eigenvalue weighted by Gasteiger charge is 1.90. The highest BCUT2D eigenvalue weighted by Crippen LogP contribution is 2.14. The van der Waals surface area contributed by atoms with Crippen molar-refractivity contribution < 1.29 is 4.74 Å². The van der Waals surface area contributed by atoms with E-state index in [1.807, 2.05) is 37.3 Å². The van der Waals surface area contributed by atoms with Crippen molar-refractivity contribution in [2.24, 2.45) is 0 Å². The lowest BCUT2D eigenvalue weighted by molar-refractivity contribution is 0.415. The summed E-state index contributed by atoms with van der Waals surface area (Å²) in [7, 11) is 1.65. The van der Waals surface area contributed by atoms with E-state index < -0.39 is 0 Å². The van der Waals surface area contributed by atoms with Gasteiger partial charge in [0.05, 0.1) is 7.11 Å². The van der Waals surface area contributed by atoms with Gasteiger partial charge in [-0.2, -0.15) is 0 Å². The van der Waals surface area contributed by atoms with Crippen LogP contribution in [0.3, 0.4) is 0 Å². The molecule has 64 valence electrons. The van der Waals surface area contributed by atoms with Crippen molar-refractivity contribution in [2.75, 3.05) is 7.11 Å². The van der Waals surface area contributed by atoms with Crippen LogP contribution in [0.2, 0.25) is 0 Å². The van der Waals surface area contributed by atoms with E-state index in [9.17, 15) is 0 Å². The number of methoxy groups -OCH3 is 1. The Morgan fingerprint density at radius 2 is 1.92 bits per heavy atom. The molecule has 12 heavy (non-hydrogen) atoms. The summed E-state index contributed by atoms with van der Waals surface area (Å²) in [6.45, 7) is 1.85. The van der Waals surface area contributed by atoms with E-state index in [2.05, 4.69) is 0 Å². The second-order valence-electron chi connectivity index (χ2n) is 2.50. The van der Waals surface area contributed by atoms with Gasteiger partial charge in [0.2, 0.25) is 0 Å². The molecule has 2 heteroatoms. The highest BCUT2D eigenvalue weighted by molar-refractivity contribution is 6.31. The van der Waals surface area contributed by atoms with E-state index in [-0.39, 0.29) is 0 Å². The molecule has 1 nitrogen and oxygen atoms in total. The predicted molar refractivity (Wildman–Crippen MR) is 52.5 cm³/mol. The Morgan fingerprint density at radius 3 is 2.33 bits per heavy atom. The number of halogens is 1. The summed E-state index contributed by atoms with van der Waals surface area (Å²) >= 11 is 5.72. The van der Waals surface area contributed by atoms with Gasteiger partial charge in [-0.1, -0.05) is 23.7 Å². The summed E-state index contributed by atoms with van der Waals surface area (Å²) in [4.78, 5) is 0. The Hall–Kier alpha value is -0.950. The van der Waals surface area contributed by atoms with Crippen molar-refractivity contribution in [3.05, 3.63) is 34.9 Å². The van der Waals surface area contributed by atoms with E-state index in [0.717, 1.165) is 16.3 Å². The van der Waals surface area contributed by atoms with Gasteiger partial charge in [0.15, 0.2) is 0 Å². The zero-order valence-electron chi connectivity index (χ0n) is 7.17. The molecule has 1 rings (SSSR count). The third kappa shape index (κ3) is 2.59. The first-order valence-electron chi connectivity index (χ1n) is 3.70.